The maximum absolute atomic E-state index is 10.3. The number of hydrogen-bond donors (Lipinski definition) is 1. The summed E-state index contributed by atoms with van der Waals surface area (Å²) in [5, 5.41) is 0. The SMILES string of the molecule is CC[NH+]1C=CN=C1CCCCS(=O)(=O)[O-]. The topological polar surface area (TPSA) is 74.0 Å². The second-order valence-corrected chi connectivity index (χ2v) is 5.01. The number of unbranched alkanes of at least 4 members (excludes halogenated alkanes) is 1. The maximum atomic E-state index is 10.3. The second kappa shape index (κ2) is 5.39. The van der Waals surface area contributed by atoms with Gasteiger partial charge in [-0.05, 0) is 19.8 Å². The highest BCUT2D eigenvalue weighted by molar-refractivity contribution is 7.85. The van der Waals surface area contributed by atoms with Crippen molar-refractivity contribution in [2.45, 2.75) is 26.2 Å². The molecular weight excluding hydrogens is 216 g/mol. The van der Waals surface area contributed by atoms with Gasteiger partial charge in [-0.1, -0.05) is 0 Å². The van der Waals surface area contributed by atoms with Gasteiger partial charge in [0.05, 0.1) is 22.9 Å². The summed E-state index contributed by atoms with van der Waals surface area (Å²) in [5.74, 6) is 0.760. The van der Waals surface area contributed by atoms with Crippen LogP contribution >= 0.6 is 0 Å². The van der Waals surface area contributed by atoms with Gasteiger partial charge in [0.25, 0.3) is 0 Å². The number of amidine groups is 1. The molecule has 0 bridgehead atoms. The van der Waals surface area contributed by atoms with E-state index in [4.69, 9.17) is 0 Å². The van der Waals surface area contributed by atoms with Crippen LogP contribution < -0.4 is 4.90 Å². The van der Waals surface area contributed by atoms with Crippen LogP contribution in [-0.4, -0.2) is 31.1 Å². The van der Waals surface area contributed by atoms with Crippen molar-refractivity contribution in [3.63, 3.8) is 0 Å². The van der Waals surface area contributed by atoms with Gasteiger partial charge in [0.1, 0.15) is 6.20 Å². The van der Waals surface area contributed by atoms with E-state index in [2.05, 4.69) is 11.9 Å². The van der Waals surface area contributed by atoms with Crippen LogP contribution in [0.4, 0.5) is 0 Å². The maximum Gasteiger partial charge on any atom is 0.205 e. The zero-order valence-corrected chi connectivity index (χ0v) is 9.59. The van der Waals surface area contributed by atoms with Crippen molar-refractivity contribution in [2.24, 2.45) is 4.99 Å². The minimum Gasteiger partial charge on any atom is -0.748 e. The average molecular weight is 232 g/mol. The fourth-order valence-electron chi connectivity index (χ4n) is 1.51. The molecule has 6 heteroatoms. The van der Waals surface area contributed by atoms with E-state index in [1.54, 1.807) is 6.20 Å². The first-order valence-corrected chi connectivity index (χ1v) is 6.63. The van der Waals surface area contributed by atoms with Gasteiger partial charge in [-0.15, -0.1) is 0 Å². The van der Waals surface area contributed by atoms with Gasteiger partial charge in [-0.3, -0.25) is 4.90 Å². The van der Waals surface area contributed by atoms with Gasteiger partial charge in [0, 0.05) is 12.2 Å². The summed E-state index contributed by atoms with van der Waals surface area (Å²) < 4.78 is 31.0. The lowest BCUT2D eigenvalue weighted by molar-refractivity contribution is -0.743. The van der Waals surface area contributed by atoms with E-state index in [0.29, 0.717) is 12.8 Å². The molecule has 1 atom stereocenters. The third kappa shape index (κ3) is 4.55. The Hall–Kier alpha value is -0.720. The van der Waals surface area contributed by atoms with Crippen LogP contribution in [0.15, 0.2) is 17.4 Å². The Kier molecular flexibility index (Phi) is 4.44. The quantitative estimate of drug-likeness (QED) is 0.495. The fraction of sp³-hybridized carbons (Fsp3) is 0.667. The van der Waals surface area contributed by atoms with E-state index in [9.17, 15) is 13.0 Å². The molecule has 0 aromatic carbocycles. The molecule has 0 saturated heterocycles. The monoisotopic (exact) mass is 232 g/mol. The summed E-state index contributed by atoms with van der Waals surface area (Å²) in [6, 6.07) is 0. The summed E-state index contributed by atoms with van der Waals surface area (Å²) in [6.45, 7) is 3.00. The fourth-order valence-corrected chi connectivity index (χ4v) is 2.07. The third-order valence-electron chi connectivity index (χ3n) is 2.32. The highest BCUT2D eigenvalue weighted by Crippen LogP contribution is 2.00. The zero-order chi connectivity index (χ0) is 11.3. The van der Waals surface area contributed by atoms with Crippen LogP contribution in [0.2, 0.25) is 0 Å². The number of rotatable bonds is 6. The molecule has 1 heterocycles. The van der Waals surface area contributed by atoms with Crippen LogP contribution in [0, 0.1) is 0 Å². The first kappa shape index (κ1) is 12.4. The molecule has 0 saturated carbocycles. The van der Waals surface area contributed by atoms with Gasteiger partial charge < -0.3 is 4.55 Å². The smallest absolute Gasteiger partial charge is 0.205 e. The molecule has 0 aromatic rings. The van der Waals surface area contributed by atoms with E-state index < -0.39 is 10.1 Å². The summed E-state index contributed by atoms with van der Waals surface area (Å²) >= 11 is 0. The van der Waals surface area contributed by atoms with Crippen molar-refractivity contribution in [3.8, 4) is 0 Å². The number of hydrogen-bond acceptors (Lipinski definition) is 4. The summed E-state index contributed by atoms with van der Waals surface area (Å²) in [4.78, 5) is 5.40. The number of aliphatic imine (C=N–C) groups is 1. The van der Waals surface area contributed by atoms with Crippen molar-refractivity contribution >= 4 is 16.0 Å². The van der Waals surface area contributed by atoms with Crippen molar-refractivity contribution in [1.29, 1.82) is 0 Å². The molecule has 1 rings (SSSR count). The van der Waals surface area contributed by atoms with Gasteiger partial charge >= 0.3 is 0 Å². The highest BCUT2D eigenvalue weighted by atomic mass is 32.2. The molecule has 0 amide bonds. The predicted octanol–water partition coefficient (Wildman–Crippen LogP) is -0.510. The highest BCUT2D eigenvalue weighted by Gasteiger charge is 2.15. The number of nitrogens with zero attached hydrogens (tertiary/aromatic N) is 1. The third-order valence-corrected chi connectivity index (χ3v) is 3.10. The van der Waals surface area contributed by atoms with Gasteiger partial charge in [-0.2, -0.15) is 0 Å². The molecule has 15 heavy (non-hydrogen) atoms. The van der Waals surface area contributed by atoms with Crippen molar-refractivity contribution < 1.29 is 17.9 Å². The molecule has 0 fully saturated rings. The lowest BCUT2D eigenvalue weighted by atomic mass is 10.2. The van der Waals surface area contributed by atoms with E-state index in [1.165, 1.54) is 4.90 Å². The van der Waals surface area contributed by atoms with Crippen LogP contribution in [0.5, 0.6) is 0 Å². The van der Waals surface area contributed by atoms with Crippen LogP contribution in [-0.2, 0) is 10.1 Å². The van der Waals surface area contributed by atoms with E-state index in [0.717, 1.165) is 18.8 Å². The molecule has 0 spiro atoms. The molecule has 1 unspecified atom stereocenters. The standard InChI is InChI=1S/C9H16N2O3S/c1-2-11-7-6-10-9(11)5-3-4-8-15(12,13)14/h6-7H,2-5,8H2,1H3,(H,12,13,14). The van der Waals surface area contributed by atoms with Crippen molar-refractivity contribution in [2.75, 3.05) is 12.3 Å². The first-order valence-electron chi connectivity index (χ1n) is 5.06. The Morgan fingerprint density at radius 2 is 2.20 bits per heavy atom. The number of quaternary nitrogens is 1. The Morgan fingerprint density at radius 3 is 2.80 bits per heavy atom. The molecule has 1 aliphatic heterocycles. The molecule has 1 aliphatic rings. The Bertz CT molecular complexity index is 360. The number of nitrogens with one attached hydrogen (secondary N) is 1. The lowest BCUT2D eigenvalue weighted by Gasteiger charge is -2.10. The molecule has 5 nitrogen and oxygen atoms in total. The lowest BCUT2D eigenvalue weighted by Crippen LogP contribution is -3.09. The van der Waals surface area contributed by atoms with Gasteiger partial charge in [0.2, 0.25) is 5.84 Å². The van der Waals surface area contributed by atoms with Crippen LogP contribution in [0.3, 0.4) is 0 Å². The molecule has 0 aromatic heterocycles. The van der Waals surface area contributed by atoms with Crippen molar-refractivity contribution in [3.05, 3.63) is 12.4 Å². The summed E-state index contributed by atoms with van der Waals surface area (Å²) in [5.41, 5.74) is 0. The Balaban J connectivity index is 2.22. The second-order valence-electron chi connectivity index (χ2n) is 3.49. The zero-order valence-electron chi connectivity index (χ0n) is 8.77. The minimum atomic E-state index is -4.05. The largest absolute Gasteiger partial charge is 0.748 e. The first-order chi connectivity index (χ1) is 7.03. The molecular formula is C9H16N2O3S. The van der Waals surface area contributed by atoms with E-state index >= 15 is 0 Å². The van der Waals surface area contributed by atoms with Gasteiger partial charge in [0.15, 0.2) is 0 Å². The van der Waals surface area contributed by atoms with E-state index in [1.807, 2.05) is 6.20 Å². The summed E-state index contributed by atoms with van der Waals surface area (Å²) in [6.07, 6.45) is 5.61. The average Bonchev–Trinajstić information content (AvgIpc) is 2.58. The van der Waals surface area contributed by atoms with Crippen LogP contribution in [0.25, 0.3) is 0 Å². The molecule has 0 aliphatic carbocycles. The molecule has 0 radical (unpaired) electrons. The molecule has 1 N–H and O–H groups in total. The van der Waals surface area contributed by atoms with Gasteiger partial charge in [-0.25, -0.2) is 13.4 Å². The van der Waals surface area contributed by atoms with E-state index in [-0.39, 0.29) is 5.75 Å². The van der Waals surface area contributed by atoms with Crippen LogP contribution in [0.1, 0.15) is 26.2 Å². The Labute approximate surface area is 90.2 Å². The predicted molar refractivity (Wildman–Crippen MR) is 56.5 cm³/mol. The Morgan fingerprint density at radius 1 is 1.47 bits per heavy atom. The minimum absolute atomic E-state index is 0.269. The summed E-state index contributed by atoms with van der Waals surface area (Å²) in [7, 11) is -4.05. The molecule has 86 valence electrons. The van der Waals surface area contributed by atoms with Crippen molar-refractivity contribution in [1.82, 2.24) is 0 Å². The normalized spacial score (nSPS) is 20.7.